The molecule has 4 aromatic rings. The highest BCUT2D eigenvalue weighted by Gasteiger charge is 2.20. The van der Waals surface area contributed by atoms with Crippen molar-refractivity contribution in [2.45, 2.75) is 20.8 Å². The summed E-state index contributed by atoms with van der Waals surface area (Å²) in [4.78, 5) is 26.5. The number of anilines is 1. The molecule has 0 fully saturated rings. The van der Waals surface area contributed by atoms with Crippen LogP contribution in [0.2, 0.25) is 5.15 Å². The number of aryl methyl sites for hydroxylation is 1. The molecule has 33 heavy (non-hydrogen) atoms. The summed E-state index contributed by atoms with van der Waals surface area (Å²) < 4.78 is 3.21. The van der Waals surface area contributed by atoms with E-state index in [1.807, 2.05) is 38.1 Å². The number of aromatic nitrogens is 4. The maximum absolute atomic E-state index is 13.3. The first-order chi connectivity index (χ1) is 15.8. The van der Waals surface area contributed by atoms with Crippen molar-refractivity contribution in [3.63, 3.8) is 0 Å². The number of rotatable bonds is 5. The average Bonchev–Trinajstić information content (AvgIpc) is 3.05. The fourth-order valence-corrected chi connectivity index (χ4v) is 4.20. The van der Waals surface area contributed by atoms with E-state index in [4.69, 9.17) is 17.3 Å². The summed E-state index contributed by atoms with van der Waals surface area (Å²) >= 11 is 6.23. The van der Waals surface area contributed by atoms with E-state index in [2.05, 4.69) is 20.3 Å². The lowest BCUT2D eigenvalue weighted by Gasteiger charge is -2.13. The molecule has 0 radical (unpaired) electrons. The molecule has 0 spiro atoms. The Labute approximate surface area is 196 Å². The highest BCUT2D eigenvalue weighted by Crippen LogP contribution is 2.32. The zero-order valence-corrected chi connectivity index (χ0v) is 20.0. The topological polar surface area (TPSA) is 103 Å². The predicted octanol–water partition coefficient (Wildman–Crippen LogP) is 4.27. The third kappa shape index (κ3) is 3.76. The van der Waals surface area contributed by atoms with Crippen molar-refractivity contribution in [2.75, 3.05) is 18.9 Å². The molecule has 8 nitrogen and oxygen atoms in total. The number of allylic oxidation sites excluding steroid dienone is 2. The van der Waals surface area contributed by atoms with E-state index >= 15 is 0 Å². The summed E-state index contributed by atoms with van der Waals surface area (Å²) in [6.07, 6.45) is 3.45. The molecule has 0 atom stereocenters. The molecule has 0 aliphatic rings. The summed E-state index contributed by atoms with van der Waals surface area (Å²) in [5.74, 6) is 0. The third-order valence-electron chi connectivity index (χ3n) is 5.70. The van der Waals surface area contributed by atoms with Crippen LogP contribution < -0.4 is 16.7 Å². The number of pyridine rings is 2. The van der Waals surface area contributed by atoms with E-state index in [-0.39, 0.29) is 5.69 Å². The highest BCUT2D eigenvalue weighted by atomic mass is 35.5. The van der Waals surface area contributed by atoms with Crippen LogP contribution >= 0.6 is 11.6 Å². The minimum absolute atomic E-state index is 0.213. The lowest BCUT2D eigenvalue weighted by molar-refractivity contribution is 0.853. The van der Waals surface area contributed by atoms with Crippen molar-refractivity contribution in [1.29, 1.82) is 0 Å². The number of nitrogens with zero attached hydrogens (tertiary/aromatic N) is 5. The second-order valence-electron chi connectivity index (χ2n) is 7.83. The van der Waals surface area contributed by atoms with Gasteiger partial charge in [-0.05, 0) is 44.5 Å². The molecular formula is C24H26ClN7O. The molecule has 0 aliphatic carbocycles. The first-order valence-electron chi connectivity index (χ1n) is 10.6. The van der Waals surface area contributed by atoms with E-state index in [9.17, 15) is 4.79 Å². The lowest BCUT2D eigenvalue weighted by Crippen LogP contribution is -2.26. The van der Waals surface area contributed by atoms with Crippen LogP contribution in [0, 0.1) is 0 Å². The van der Waals surface area contributed by atoms with Crippen LogP contribution in [-0.2, 0) is 7.05 Å². The number of hydrogen-bond acceptors (Lipinski definition) is 6. The van der Waals surface area contributed by atoms with Gasteiger partial charge in [-0.2, -0.15) is 0 Å². The summed E-state index contributed by atoms with van der Waals surface area (Å²) in [5, 5.41) is 4.48. The smallest absolute Gasteiger partial charge is 0.333 e. The first kappa shape index (κ1) is 22.5. The zero-order valence-electron chi connectivity index (χ0n) is 19.3. The summed E-state index contributed by atoms with van der Waals surface area (Å²) in [7, 11) is 3.41. The second-order valence-corrected chi connectivity index (χ2v) is 8.19. The van der Waals surface area contributed by atoms with Gasteiger partial charge in [-0.3, -0.25) is 19.1 Å². The third-order valence-corrected chi connectivity index (χ3v) is 6.00. The fourth-order valence-electron chi connectivity index (χ4n) is 4.03. The number of imidazole rings is 1. The molecule has 9 heteroatoms. The van der Waals surface area contributed by atoms with E-state index in [1.54, 1.807) is 42.5 Å². The second kappa shape index (κ2) is 8.71. The van der Waals surface area contributed by atoms with Gasteiger partial charge in [0.2, 0.25) is 0 Å². The molecule has 3 aromatic heterocycles. The van der Waals surface area contributed by atoms with Gasteiger partial charge in [0.25, 0.3) is 0 Å². The normalized spacial score (nSPS) is 13.0. The molecule has 0 saturated carbocycles. The Balaban J connectivity index is 2.08. The summed E-state index contributed by atoms with van der Waals surface area (Å²) in [5.41, 5.74) is 12.6. The number of halogens is 1. The van der Waals surface area contributed by atoms with Crippen molar-refractivity contribution in [2.24, 2.45) is 17.8 Å². The number of nitrogens with one attached hydrogen (secondary N) is 1. The minimum atomic E-state index is -0.213. The Hall–Kier alpha value is -3.65. The van der Waals surface area contributed by atoms with Crippen molar-refractivity contribution in [3.05, 3.63) is 58.0 Å². The Kier molecular flexibility index (Phi) is 5.95. The molecule has 4 rings (SSSR count). The number of fused-ring (bicyclic) bond motifs is 3. The van der Waals surface area contributed by atoms with E-state index in [1.165, 1.54) is 0 Å². The fraction of sp³-hybridized carbons (Fsp3) is 0.250. The Morgan fingerprint density at radius 3 is 2.61 bits per heavy atom. The maximum Gasteiger partial charge on any atom is 0.333 e. The van der Waals surface area contributed by atoms with Gasteiger partial charge in [-0.15, -0.1) is 0 Å². The summed E-state index contributed by atoms with van der Waals surface area (Å²) in [6.45, 7) is 6.34. The number of nitrogens with two attached hydrogens (primary N) is 1. The van der Waals surface area contributed by atoms with Gasteiger partial charge in [-0.1, -0.05) is 17.7 Å². The maximum atomic E-state index is 13.3. The van der Waals surface area contributed by atoms with Gasteiger partial charge >= 0.3 is 5.69 Å². The molecule has 0 unspecified atom stereocenters. The molecule has 0 amide bonds. The predicted molar refractivity (Wildman–Crippen MR) is 137 cm³/mol. The van der Waals surface area contributed by atoms with Gasteiger partial charge in [0.1, 0.15) is 0 Å². The molecule has 170 valence electrons. The van der Waals surface area contributed by atoms with E-state index in [0.29, 0.717) is 27.8 Å². The van der Waals surface area contributed by atoms with Crippen molar-refractivity contribution in [3.8, 4) is 11.1 Å². The Morgan fingerprint density at radius 2 is 1.94 bits per heavy atom. The summed E-state index contributed by atoms with van der Waals surface area (Å²) in [6, 6.07) is 7.90. The van der Waals surface area contributed by atoms with Crippen LogP contribution in [0.3, 0.4) is 0 Å². The SMILES string of the molecule is CCNc1cc(-c2ccc3ncc4c(c3c2)n(C(C(C)=NC)=C(C)N)c(=O)n4C)cnc1Cl. The van der Waals surface area contributed by atoms with Crippen molar-refractivity contribution < 1.29 is 0 Å². The Bertz CT molecular complexity index is 1510. The molecular weight excluding hydrogens is 438 g/mol. The van der Waals surface area contributed by atoms with Crippen LogP contribution in [0.15, 0.2) is 52.1 Å². The first-order valence-corrected chi connectivity index (χ1v) is 11.0. The number of hydrogen-bond donors (Lipinski definition) is 2. The molecule has 0 aliphatic heterocycles. The van der Waals surface area contributed by atoms with Gasteiger partial charge in [0, 0.05) is 43.5 Å². The minimum Gasteiger partial charge on any atom is -0.401 e. The van der Waals surface area contributed by atoms with Crippen LogP contribution in [0.4, 0.5) is 5.69 Å². The van der Waals surface area contributed by atoms with Gasteiger partial charge < -0.3 is 11.1 Å². The molecule has 3 heterocycles. The molecule has 1 aromatic carbocycles. The average molecular weight is 464 g/mol. The zero-order chi connectivity index (χ0) is 23.9. The van der Waals surface area contributed by atoms with Crippen LogP contribution in [0.5, 0.6) is 0 Å². The highest BCUT2D eigenvalue weighted by molar-refractivity contribution is 6.32. The van der Waals surface area contributed by atoms with Crippen molar-refractivity contribution >= 4 is 50.6 Å². The monoisotopic (exact) mass is 463 g/mol. The van der Waals surface area contributed by atoms with Gasteiger partial charge in [0.15, 0.2) is 5.15 Å². The molecule has 0 bridgehead atoms. The lowest BCUT2D eigenvalue weighted by atomic mass is 10.0. The van der Waals surface area contributed by atoms with Crippen LogP contribution in [-0.4, -0.2) is 38.4 Å². The number of aliphatic imine (C=N–C) groups is 1. The van der Waals surface area contributed by atoms with Gasteiger partial charge in [-0.25, -0.2) is 9.78 Å². The molecule has 3 N–H and O–H groups in total. The van der Waals surface area contributed by atoms with Crippen LogP contribution in [0.1, 0.15) is 20.8 Å². The number of benzene rings is 1. The Morgan fingerprint density at radius 1 is 1.18 bits per heavy atom. The van der Waals surface area contributed by atoms with E-state index < -0.39 is 0 Å². The van der Waals surface area contributed by atoms with Crippen LogP contribution in [0.25, 0.3) is 38.8 Å². The standard InChI is InChI=1S/C24H26ClN7O/c1-6-28-19-10-16(11-30-23(19)25)15-7-8-18-17(9-15)22-20(12-29-18)31(5)24(33)32(22)21(13(2)26)14(3)27-4/h7-12,28H,6,26H2,1-5H3. The molecule has 0 saturated heterocycles. The van der Waals surface area contributed by atoms with E-state index in [0.717, 1.165) is 39.8 Å². The largest absolute Gasteiger partial charge is 0.401 e. The van der Waals surface area contributed by atoms with Crippen molar-refractivity contribution in [1.82, 2.24) is 19.1 Å². The quantitative estimate of drug-likeness (QED) is 0.339. The van der Waals surface area contributed by atoms with Gasteiger partial charge in [0.05, 0.1) is 39.8 Å².